The van der Waals surface area contributed by atoms with E-state index in [1.54, 1.807) is 19.1 Å². The van der Waals surface area contributed by atoms with E-state index in [9.17, 15) is 19.4 Å². The van der Waals surface area contributed by atoms with Gasteiger partial charge in [0.2, 0.25) is 0 Å². The highest BCUT2D eigenvalue weighted by atomic mass is 32.5. The molecule has 1 aromatic heterocycles. The molecule has 0 radical (unpaired) electrons. The average Bonchev–Trinajstić information content (AvgIpc) is 2.78. The van der Waals surface area contributed by atoms with E-state index in [2.05, 4.69) is 20.4 Å². The molecule has 0 atom stereocenters. The van der Waals surface area contributed by atoms with E-state index in [0.29, 0.717) is 60.9 Å². The molecule has 0 spiro atoms. The minimum Gasteiger partial charge on any atom is -0.390 e. The lowest BCUT2D eigenvalue weighted by molar-refractivity contribution is -0.0348. The number of piperidine rings is 1. The van der Waals surface area contributed by atoms with Gasteiger partial charge in [-0.2, -0.15) is 10.2 Å². The van der Waals surface area contributed by atoms with Crippen LogP contribution >= 0.6 is 10.2 Å². The zero-order valence-electron chi connectivity index (χ0n) is 18.0. The maximum Gasteiger partial charge on any atom is 0.310 e. The van der Waals surface area contributed by atoms with Crippen molar-refractivity contribution in [2.75, 3.05) is 31.7 Å². The minimum atomic E-state index is -9.72. The van der Waals surface area contributed by atoms with Crippen LogP contribution in [0.5, 0.6) is 0 Å². The van der Waals surface area contributed by atoms with Gasteiger partial charge in [-0.3, -0.25) is 0 Å². The summed E-state index contributed by atoms with van der Waals surface area (Å²) in [5, 5.41) is 24.7. The number of aromatic nitrogens is 2. The summed E-state index contributed by atoms with van der Waals surface area (Å²) >= 11 is 0. The van der Waals surface area contributed by atoms with E-state index < -0.39 is 20.7 Å². The second-order valence-electron chi connectivity index (χ2n) is 7.73. The summed E-state index contributed by atoms with van der Waals surface area (Å²) in [5.74, 6) is 0.600. The molecule has 0 unspecified atom stereocenters. The lowest BCUT2D eigenvalue weighted by Crippen LogP contribution is -2.44. The molecule has 1 aliphatic rings. The maximum atomic E-state index is 13.0. The predicted molar refractivity (Wildman–Crippen MR) is 118 cm³/mol. The molecular weight excluding hydrogens is 469 g/mol. The zero-order chi connectivity index (χ0) is 24.4. The number of anilines is 1. The van der Waals surface area contributed by atoms with Gasteiger partial charge < -0.3 is 14.7 Å². The topological polar surface area (TPSA) is 83.2 Å². The van der Waals surface area contributed by atoms with E-state index in [-0.39, 0.29) is 6.61 Å². The molecule has 1 fully saturated rings. The number of hydrogen-bond donors (Lipinski definition) is 1. The molecule has 0 aliphatic carbocycles. The van der Waals surface area contributed by atoms with Gasteiger partial charge in [0.05, 0.1) is 24.1 Å². The summed E-state index contributed by atoms with van der Waals surface area (Å²) in [6.07, 6.45) is 2.23. The van der Waals surface area contributed by atoms with Gasteiger partial charge in [-0.05, 0) is 49.6 Å². The van der Waals surface area contributed by atoms with Crippen LogP contribution in [-0.4, -0.2) is 54.0 Å². The first-order valence-electron chi connectivity index (χ1n) is 9.92. The van der Waals surface area contributed by atoms with Crippen LogP contribution in [0.25, 0.3) is 0 Å². The van der Waals surface area contributed by atoms with Crippen molar-refractivity contribution in [1.29, 1.82) is 0 Å². The van der Waals surface area contributed by atoms with Crippen LogP contribution in [0.1, 0.15) is 31.0 Å². The van der Waals surface area contributed by atoms with Crippen molar-refractivity contribution in [1.82, 2.24) is 10.2 Å². The number of halogens is 5. The fraction of sp³-hybridized carbons (Fsp3) is 0.400. The Morgan fingerprint density at radius 1 is 1.09 bits per heavy atom. The lowest BCUT2D eigenvalue weighted by atomic mass is 9.84. The highest BCUT2D eigenvalue weighted by molar-refractivity contribution is 8.45. The number of methoxy groups -OCH3 is 1. The van der Waals surface area contributed by atoms with E-state index >= 15 is 0 Å². The fourth-order valence-electron chi connectivity index (χ4n) is 3.51. The Bertz CT molecular complexity index is 1040. The highest BCUT2D eigenvalue weighted by Crippen LogP contribution is 3.02. The SMILES string of the molecule is COC1(c2ccc(S(F)(F)(F)(F)F)cc2)CCN(c2ccc(/C=N/N=C(\C)CO)nn2)CC1. The summed E-state index contributed by atoms with van der Waals surface area (Å²) in [6, 6.07) is 6.40. The van der Waals surface area contributed by atoms with Crippen molar-refractivity contribution in [2.45, 2.75) is 30.3 Å². The van der Waals surface area contributed by atoms with Crippen molar-refractivity contribution in [2.24, 2.45) is 10.2 Å². The van der Waals surface area contributed by atoms with Crippen LogP contribution in [0.4, 0.5) is 25.2 Å². The van der Waals surface area contributed by atoms with Gasteiger partial charge in [0.1, 0.15) is 10.6 Å². The van der Waals surface area contributed by atoms with Gasteiger partial charge in [0.15, 0.2) is 5.82 Å². The average molecular weight is 494 g/mol. The van der Waals surface area contributed by atoms with Gasteiger partial charge in [-0.15, -0.1) is 10.2 Å². The second-order valence-corrected chi connectivity index (χ2v) is 10.1. The third-order valence-corrected chi connectivity index (χ3v) is 6.59. The predicted octanol–water partition coefficient (Wildman–Crippen LogP) is 5.06. The number of rotatable bonds is 7. The Balaban J connectivity index is 1.70. The smallest absolute Gasteiger partial charge is 0.310 e. The molecule has 182 valence electrons. The number of aliphatic hydroxyl groups is 1. The second kappa shape index (κ2) is 8.29. The van der Waals surface area contributed by atoms with Crippen LogP contribution in [0.15, 0.2) is 51.5 Å². The van der Waals surface area contributed by atoms with Crippen LogP contribution in [0.3, 0.4) is 0 Å². The first kappa shape index (κ1) is 25.0. The summed E-state index contributed by atoms with van der Waals surface area (Å²) in [4.78, 5) is 0.0287. The molecule has 2 heterocycles. The van der Waals surface area contributed by atoms with Gasteiger partial charge in [0.25, 0.3) is 0 Å². The zero-order valence-corrected chi connectivity index (χ0v) is 18.8. The summed E-state index contributed by atoms with van der Waals surface area (Å²) in [5.41, 5.74) is 0.441. The summed E-state index contributed by atoms with van der Waals surface area (Å²) in [7, 11) is -8.27. The molecule has 0 bridgehead atoms. The molecule has 1 aliphatic heterocycles. The Morgan fingerprint density at radius 3 is 2.21 bits per heavy atom. The largest absolute Gasteiger partial charge is 0.390 e. The Hall–Kier alpha value is -2.64. The monoisotopic (exact) mass is 493 g/mol. The van der Waals surface area contributed by atoms with Crippen molar-refractivity contribution >= 4 is 28.0 Å². The van der Waals surface area contributed by atoms with Crippen molar-refractivity contribution in [3.8, 4) is 0 Å². The van der Waals surface area contributed by atoms with E-state index in [0.717, 1.165) is 12.1 Å². The van der Waals surface area contributed by atoms with Crippen LogP contribution in [0.2, 0.25) is 0 Å². The first-order valence-corrected chi connectivity index (χ1v) is 11.9. The minimum absolute atomic E-state index is 0.194. The first-order chi connectivity index (χ1) is 15.3. The Morgan fingerprint density at radius 2 is 1.73 bits per heavy atom. The molecule has 0 amide bonds. The van der Waals surface area contributed by atoms with E-state index in [4.69, 9.17) is 9.84 Å². The van der Waals surface area contributed by atoms with Gasteiger partial charge in [-0.25, -0.2) is 0 Å². The molecular formula is C20H24F5N5O2S. The highest BCUT2D eigenvalue weighted by Gasteiger charge is 2.65. The molecule has 33 heavy (non-hydrogen) atoms. The normalized spacial score (nSPS) is 19.4. The number of ether oxygens (including phenoxy) is 1. The molecule has 7 nitrogen and oxygen atoms in total. The van der Waals surface area contributed by atoms with E-state index in [1.165, 1.54) is 13.3 Å². The molecule has 1 aromatic carbocycles. The van der Waals surface area contributed by atoms with Crippen LogP contribution < -0.4 is 4.90 Å². The third-order valence-electron chi connectivity index (χ3n) is 5.43. The van der Waals surface area contributed by atoms with Crippen LogP contribution in [-0.2, 0) is 10.3 Å². The van der Waals surface area contributed by atoms with Gasteiger partial charge >= 0.3 is 10.2 Å². The third kappa shape index (κ3) is 6.03. The maximum absolute atomic E-state index is 13.0. The molecule has 3 rings (SSSR count). The van der Waals surface area contributed by atoms with Crippen molar-refractivity contribution in [3.05, 3.63) is 47.7 Å². The number of hydrogen-bond acceptors (Lipinski definition) is 7. The molecule has 13 heteroatoms. The lowest BCUT2D eigenvalue weighted by Gasteiger charge is -2.43. The fourth-order valence-corrected chi connectivity index (χ4v) is 4.17. The van der Waals surface area contributed by atoms with Crippen molar-refractivity contribution < 1.29 is 29.3 Å². The number of benzene rings is 1. The quantitative estimate of drug-likeness (QED) is 0.331. The molecule has 1 N–H and O–H groups in total. The van der Waals surface area contributed by atoms with Gasteiger partial charge in [-0.1, -0.05) is 31.6 Å². The summed E-state index contributed by atoms with van der Waals surface area (Å²) < 4.78 is 70.7. The van der Waals surface area contributed by atoms with Crippen LogP contribution in [0, 0.1) is 0 Å². The molecule has 2 aromatic rings. The Labute approximate surface area is 187 Å². The number of nitrogens with zero attached hydrogens (tertiary/aromatic N) is 5. The van der Waals surface area contributed by atoms with E-state index in [1.807, 2.05) is 4.90 Å². The summed E-state index contributed by atoms with van der Waals surface area (Å²) in [6.45, 7) is 2.38. The van der Waals surface area contributed by atoms with Crippen molar-refractivity contribution in [3.63, 3.8) is 0 Å². The van der Waals surface area contributed by atoms with Gasteiger partial charge in [0, 0.05) is 20.2 Å². The standard InChI is InChI=1S/C20H24F5N5O2S/c1-15(14-31)27-26-13-17-5-8-19(29-28-17)30-11-9-20(32-2,10-12-30)16-3-6-18(7-4-16)33(21,22,23,24)25/h3-8,13,31H,9-12,14H2,1-2H3/b26-13+,27-15+. The molecule has 1 saturated heterocycles. The number of aliphatic hydroxyl groups excluding tert-OH is 1. The molecule has 0 saturated carbocycles. The Kier molecular flexibility index (Phi) is 6.28.